The summed E-state index contributed by atoms with van der Waals surface area (Å²) in [6, 6.07) is 4.21. The van der Waals surface area contributed by atoms with E-state index < -0.39 is 5.97 Å². The first-order valence-corrected chi connectivity index (χ1v) is 5.17. The van der Waals surface area contributed by atoms with Crippen molar-refractivity contribution in [3.8, 4) is 22.1 Å². The van der Waals surface area contributed by atoms with E-state index in [1.807, 2.05) is 0 Å². The maximum absolute atomic E-state index is 10.6. The standard InChI is InChI=1S/C10H7NO4S/c12-7-2-1-5(3-8(7)13)9-11-6(4-16-9)10(14)15/h1-4,12-13H,(H,14,15). The predicted octanol–water partition coefficient (Wildman–Crippen LogP) is 1.92. The number of aromatic carboxylic acids is 1. The largest absolute Gasteiger partial charge is 0.504 e. The number of hydrogen-bond donors (Lipinski definition) is 3. The summed E-state index contributed by atoms with van der Waals surface area (Å²) in [6.07, 6.45) is 0. The van der Waals surface area contributed by atoms with Crippen molar-refractivity contribution in [1.82, 2.24) is 4.98 Å². The number of hydrogen-bond acceptors (Lipinski definition) is 5. The van der Waals surface area contributed by atoms with Crippen LogP contribution >= 0.6 is 11.3 Å². The second kappa shape index (κ2) is 3.82. The third-order valence-corrected chi connectivity index (χ3v) is 2.84. The Hall–Kier alpha value is -2.08. The van der Waals surface area contributed by atoms with Gasteiger partial charge < -0.3 is 15.3 Å². The number of thiazole rings is 1. The van der Waals surface area contributed by atoms with Crippen molar-refractivity contribution in [2.24, 2.45) is 0 Å². The predicted molar refractivity (Wildman–Crippen MR) is 57.8 cm³/mol. The molecule has 1 aromatic heterocycles. The van der Waals surface area contributed by atoms with Gasteiger partial charge in [0.1, 0.15) is 5.01 Å². The van der Waals surface area contributed by atoms with Gasteiger partial charge in [-0.25, -0.2) is 9.78 Å². The summed E-state index contributed by atoms with van der Waals surface area (Å²) in [5.74, 6) is -1.58. The van der Waals surface area contributed by atoms with Gasteiger partial charge in [0.2, 0.25) is 0 Å². The van der Waals surface area contributed by atoms with Gasteiger partial charge in [-0.15, -0.1) is 11.3 Å². The third kappa shape index (κ3) is 1.82. The Morgan fingerprint density at radius 1 is 1.25 bits per heavy atom. The second-order valence-electron chi connectivity index (χ2n) is 3.05. The molecule has 2 aromatic rings. The molecule has 0 aliphatic rings. The summed E-state index contributed by atoms with van der Waals surface area (Å²) < 4.78 is 0. The molecule has 0 amide bonds. The number of phenols is 2. The van der Waals surface area contributed by atoms with E-state index in [-0.39, 0.29) is 17.2 Å². The fourth-order valence-electron chi connectivity index (χ4n) is 1.16. The van der Waals surface area contributed by atoms with Crippen molar-refractivity contribution in [2.75, 3.05) is 0 Å². The zero-order chi connectivity index (χ0) is 11.7. The topological polar surface area (TPSA) is 90.7 Å². The minimum absolute atomic E-state index is 0.0347. The molecule has 0 unspecified atom stereocenters. The lowest BCUT2D eigenvalue weighted by Gasteiger charge is -1.99. The van der Waals surface area contributed by atoms with E-state index in [0.717, 1.165) is 11.3 Å². The van der Waals surface area contributed by atoms with Crippen LogP contribution in [0.4, 0.5) is 0 Å². The summed E-state index contributed by atoms with van der Waals surface area (Å²) in [4.78, 5) is 14.5. The van der Waals surface area contributed by atoms with Crippen LogP contribution in [0, 0.1) is 0 Å². The van der Waals surface area contributed by atoms with Gasteiger partial charge in [0.25, 0.3) is 0 Å². The van der Waals surface area contributed by atoms with E-state index in [0.29, 0.717) is 10.6 Å². The quantitative estimate of drug-likeness (QED) is 0.694. The van der Waals surface area contributed by atoms with E-state index >= 15 is 0 Å². The van der Waals surface area contributed by atoms with E-state index in [1.165, 1.54) is 17.5 Å². The van der Waals surface area contributed by atoms with Crippen LogP contribution in [0.1, 0.15) is 10.5 Å². The fraction of sp³-hybridized carbons (Fsp3) is 0. The van der Waals surface area contributed by atoms with Crippen LogP contribution in [-0.2, 0) is 0 Å². The molecule has 0 bridgehead atoms. The molecule has 82 valence electrons. The minimum Gasteiger partial charge on any atom is -0.504 e. The summed E-state index contributed by atoms with van der Waals surface area (Å²) in [5.41, 5.74) is 0.528. The molecule has 0 saturated heterocycles. The number of benzene rings is 1. The maximum atomic E-state index is 10.6. The molecule has 6 heteroatoms. The van der Waals surface area contributed by atoms with Gasteiger partial charge in [-0.05, 0) is 18.2 Å². The highest BCUT2D eigenvalue weighted by atomic mass is 32.1. The summed E-state index contributed by atoms with van der Waals surface area (Å²) in [5, 5.41) is 29.0. The minimum atomic E-state index is -1.09. The van der Waals surface area contributed by atoms with Crippen molar-refractivity contribution in [3.05, 3.63) is 29.3 Å². The Kier molecular flexibility index (Phi) is 2.49. The second-order valence-corrected chi connectivity index (χ2v) is 3.90. The van der Waals surface area contributed by atoms with Crippen molar-refractivity contribution < 1.29 is 20.1 Å². The first-order valence-electron chi connectivity index (χ1n) is 4.29. The van der Waals surface area contributed by atoms with Crippen LogP contribution < -0.4 is 0 Å². The lowest BCUT2D eigenvalue weighted by atomic mass is 10.2. The highest BCUT2D eigenvalue weighted by molar-refractivity contribution is 7.13. The molecule has 5 nitrogen and oxygen atoms in total. The van der Waals surface area contributed by atoms with E-state index in [2.05, 4.69) is 4.98 Å². The van der Waals surface area contributed by atoms with Gasteiger partial charge in [0.15, 0.2) is 17.2 Å². The van der Waals surface area contributed by atoms with E-state index in [9.17, 15) is 9.90 Å². The molecule has 0 fully saturated rings. The van der Waals surface area contributed by atoms with Crippen molar-refractivity contribution in [1.29, 1.82) is 0 Å². The first-order chi connectivity index (χ1) is 7.58. The zero-order valence-electron chi connectivity index (χ0n) is 7.91. The number of rotatable bonds is 2. The number of carboxylic acids is 1. The van der Waals surface area contributed by atoms with Gasteiger partial charge in [-0.1, -0.05) is 0 Å². The molecule has 0 radical (unpaired) electrons. The Morgan fingerprint density at radius 3 is 2.56 bits per heavy atom. The number of aromatic nitrogens is 1. The number of carbonyl (C=O) groups is 1. The van der Waals surface area contributed by atoms with Crippen molar-refractivity contribution >= 4 is 17.3 Å². The zero-order valence-corrected chi connectivity index (χ0v) is 8.73. The van der Waals surface area contributed by atoms with Crippen LogP contribution in [0.3, 0.4) is 0 Å². The highest BCUT2D eigenvalue weighted by Crippen LogP contribution is 2.31. The summed E-state index contributed by atoms with van der Waals surface area (Å²) >= 11 is 1.16. The van der Waals surface area contributed by atoms with Gasteiger partial charge in [-0.2, -0.15) is 0 Å². The smallest absolute Gasteiger partial charge is 0.355 e. The number of carboxylic acid groups (broad SMARTS) is 1. The molecule has 0 spiro atoms. The maximum Gasteiger partial charge on any atom is 0.355 e. The Bertz CT molecular complexity index is 550. The molecular formula is C10H7NO4S. The Labute approximate surface area is 94.3 Å². The lowest BCUT2D eigenvalue weighted by molar-refractivity contribution is 0.0691. The molecule has 1 aromatic carbocycles. The van der Waals surface area contributed by atoms with Crippen molar-refractivity contribution in [2.45, 2.75) is 0 Å². The van der Waals surface area contributed by atoms with Crippen LogP contribution in [0.25, 0.3) is 10.6 Å². The molecule has 2 rings (SSSR count). The fourth-order valence-corrected chi connectivity index (χ4v) is 1.95. The number of aromatic hydroxyl groups is 2. The van der Waals surface area contributed by atoms with E-state index in [4.69, 9.17) is 10.2 Å². The van der Waals surface area contributed by atoms with Crippen LogP contribution in [0.15, 0.2) is 23.6 Å². The van der Waals surface area contributed by atoms with Crippen LogP contribution in [-0.4, -0.2) is 26.3 Å². The van der Waals surface area contributed by atoms with Gasteiger partial charge in [0, 0.05) is 10.9 Å². The number of phenolic OH excluding ortho intramolecular Hbond substituents is 2. The Balaban J connectivity index is 2.42. The molecule has 3 N–H and O–H groups in total. The molecular weight excluding hydrogens is 230 g/mol. The molecule has 16 heavy (non-hydrogen) atoms. The summed E-state index contributed by atoms with van der Waals surface area (Å²) in [7, 11) is 0. The van der Waals surface area contributed by atoms with Gasteiger partial charge in [-0.3, -0.25) is 0 Å². The van der Waals surface area contributed by atoms with Crippen LogP contribution in [0.5, 0.6) is 11.5 Å². The summed E-state index contributed by atoms with van der Waals surface area (Å²) in [6.45, 7) is 0. The molecule has 1 heterocycles. The third-order valence-electron chi connectivity index (χ3n) is 1.95. The monoisotopic (exact) mass is 237 g/mol. The first kappa shape index (κ1) is 10.4. The lowest BCUT2D eigenvalue weighted by Crippen LogP contribution is -1.95. The Morgan fingerprint density at radius 2 is 2.00 bits per heavy atom. The SMILES string of the molecule is O=C(O)c1csc(-c2ccc(O)c(O)c2)n1. The molecule has 0 aliphatic heterocycles. The molecule has 0 atom stereocenters. The highest BCUT2D eigenvalue weighted by Gasteiger charge is 2.11. The molecule has 0 saturated carbocycles. The van der Waals surface area contributed by atoms with Crippen LogP contribution in [0.2, 0.25) is 0 Å². The average molecular weight is 237 g/mol. The van der Waals surface area contributed by atoms with Crippen molar-refractivity contribution in [3.63, 3.8) is 0 Å². The van der Waals surface area contributed by atoms with Gasteiger partial charge >= 0.3 is 5.97 Å². The van der Waals surface area contributed by atoms with E-state index in [1.54, 1.807) is 6.07 Å². The van der Waals surface area contributed by atoms with Gasteiger partial charge in [0.05, 0.1) is 0 Å². The normalized spacial score (nSPS) is 10.2. The molecule has 0 aliphatic carbocycles. The average Bonchev–Trinajstić information content (AvgIpc) is 2.71. The number of nitrogens with zero attached hydrogens (tertiary/aromatic N) is 1.